The molecule has 0 unspecified atom stereocenters. The molecule has 2 aliphatic carbocycles. The average molecular weight is 311 g/mol. The number of imide groups is 1. The van der Waals surface area contributed by atoms with Gasteiger partial charge in [0, 0.05) is 6.92 Å². The second kappa shape index (κ2) is 4.78. The molecule has 0 N–H and O–H groups in total. The van der Waals surface area contributed by atoms with Gasteiger partial charge in [-0.05, 0) is 48.9 Å². The number of hydrogen-bond acceptors (Lipinski definition) is 4. The quantitative estimate of drug-likeness (QED) is 0.364. The van der Waals surface area contributed by atoms with Gasteiger partial charge in [0.2, 0.25) is 11.8 Å². The molecule has 5 heteroatoms. The Labute approximate surface area is 133 Å². The number of amides is 2. The number of carbonyl (C=O) groups is 3. The lowest BCUT2D eigenvalue weighted by Crippen LogP contribution is -2.33. The van der Waals surface area contributed by atoms with E-state index >= 15 is 0 Å². The number of ether oxygens (including phenoxy) is 1. The fourth-order valence-corrected chi connectivity index (χ4v) is 4.25. The van der Waals surface area contributed by atoms with Crippen LogP contribution in [0.1, 0.15) is 18.9 Å². The lowest BCUT2D eigenvalue weighted by Gasteiger charge is -2.19. The van der Waals surface area contributed by atoms with Crippen LogP contribution in [0.15, 0.2) is 30.4 Å². The van der Waals surface area contributed by atoms with Crippen molar-refractivity contribution in [3.63, 3.8) is 0 Å². The van der Waals surface area contributed by atoms with Crippen LogP contribution in [0.4, 0.5) is 5.69 Å². The molecule has 1 heterocycles. The third-order valence-corrected chi connectivity index (χ3v) is 5.14. The second-order valence-corrected chi connectivity index (χ2v) is 6.55. The Morgan fingerprint density at radius 1 is 1.13 bits per heavy atom. The van der Waals surface area contributed by atoms with Gasteiger partial charge in [-0.25, -0.2) is 4.90 Å². The summed E-state index contributed by atoms with van der Waals surface area (Å²) >= 11 is 0. The van der Waals surface area contributed by atoms with E-state index < -0.39 is 5.97 Å². The van der Waals surface area contributed by atoms with E-state index in [1.165, 1.54) is 11.8 Å². The Bertz CT molecular complexity index is 736. The summed E-state index contributed by atoms with van der Waals surface area (Å²) in [6.07, 6.45) is 5.08. The van der Waals surface area contributed by atoms with Gasteiger partial charge in [-0.3, -0.25) is 14.4 Å². The van der Waals surface area contributed by atoms with Crippen molar-refractivity contribution in [2.24, 2.45) is 23.7 Å². The molecule has 1 aromatic rings. The van der Waals surface area contributed by atoms with E-state index in [0.29, 0.717) is 11.4 Å². The minimum absolute atomic E-state index is 0.0970. The van der Waals surface area contributed by atoms with E-state index in [0.717, 1.165) is 12.0 Å². The molecule has 1 saturated heterocycles. The number of nitrogens with zero attached hydrogens (tertiary/aromatic N) is 1. The zero-order chi connectivity index (χ0) is 16.3. The zero-order valence-corrected chi connectivity index (χ0v) is 13.0. The monoisotopic (exact) mass is 311 g/mol. The van der Waals surface area contributed by atoms with Crippen molar-refractivity contribution >= 4 is 23.5 Å². The summed E-state index contributed by atoms with van der Waals surface area (Å²) in [6, 6.07) is 4.98. The van der Waals surface area contributed by atoms with Crippen LogP contribution in [-0.4, -0.2) is 17.8 Å². The van der Waals surface area contributed by atoms with E-state index in [4.69, 9.17) is 4.74 Å². The normalized spacial score (nSPS) is 31.0. The SMILES string of the molecule is CC(=O)Oc1ccc(N2C(=O)[C@H]3[C@H](C2=O)[C@H]2C=C[C@H]3C2)c(C)c1. The van der Waals surface area contributed by atoms with Gasteiger partial charge in [-0.2, -0.15) is 0 Å². The van der Waals surface area contributed by atoms with Gasteiger partial charge >= 0.3 is 5.97 Å². The van der Waals surface area contributed by atoms with Crippen molar-refractivity contribution in [2.75, 3.05) is 4.90 Å². The highest BCUT2D eigenvalue weighted by atomic mass is 16.5. The maximum atomic E-state index is 12.8. The number of fused-ring (bicyclic) bond motifs is 5. The molecule has 1 saturated carbocycles. The molecule has 4 atom stereocenters. The number of anilines is 1. The molecule has 23 heavy (non-hydrogen) atoms. The molecular weight excluding hydrogens is 294 g/mol. The van der Waals surface area contributed by atoms with Gasteiger partial charge in [-0.15, -0.1) is 0 Å². The van der Waals surface area contributed by atoms with Crippen molar-refractivity contribution in [3.8, 4) is 5.75 Å². The number of rotatable bonds is 2. The highest BCUT2D eigenvalue weighted by molar-refractivity contribution is 6.23. The summed E-state index contributed by atoms with van der Waals surface area (Å²) in [5.74, 6) is -0.183. The maximum Gasteiger partial charge on any atom is 0.308 e. The van der Waals surface area contributed by atoms with Crippen LogP contribution in [0.25, 0.3) is 0 Å². The number of aryl methyl sites for hydroxylation is 1. The Kier molecular flexibility index (Phi) is 2.95. The Morgan fingerprint density at radius 3 is 2.26 bits per heavy atom. The molecule has 0 aromatic heterocycles. The standard InChI is InChI=1S/C18H17NO4/c1-9-7-13(23-10(2)20)5-6-14(9)19-17(21)15-11-3-4-12(8-11)16(15)18(19)22/h3-7,11-12,15-16H,8H2,1-2H3/t11-,12-,15+,16+/m0/s1. The molecule has 5 nitrogen and oxygen atoms in total. The van der Waals surface area contributed by atoms with Crippen LogP contribution in [0.5, 0.6) is 5.75 Å². The highest BCUT2D eigenvalue weighted by Crippen LogP contribution is 2.53. The minimum atomic E-state index is -0.400. The van der Waals surface area contributed by atoms with Gasteiger partial charge in [0.05, 0.1) is 17.5 Å². The van der Waals surface area contributed by atoms with Crippen molar-refractivity contribution < 1.29 is 19.1 Å². The van der Waals surface area contributed by atoms with Crippen LogP contribution in [0.3, 0.4) is 0 Å². The van der Waals surface area contributed by atoms with Crippen molar-refractivity contribution in [1.82, 2.24) is 0 Å². The molecular formula is C18H17NO4. The lowest BCUT2D eigenvalue weighted by atomic mass is 9.85. The first kappa shape index (κ1) is 14.2. The van der Waals surface area contributed by atoms with Gasteiger partial charge in [-0.1, -0.05) is 12.2 Å². The predicted octanol–water partition coefficient (Wildman–Crippen LogP) is 2.23. The van der Waals surface area contributed by atoms with E-state index in [2.05, 4.69) is 12.2 Å². The molecule has 118 valence electrons. The molecule has 1 aromatic carbocycles. The van der Waals surface area contributed by atoms with Crippen LogP contribution in [-0.2, 0) is 14.4 Å². The molecule has 4 rings (SSSR count). The van der Waals surface area contributed by atoms with E-state index in [9.17, 15) is 14.4 Å². The topological polar surface area (TPSA) is 63.7 Å². The Morgan fingerprint density at radius 2 is 1.74 bits per heavy atom. The van der Waals surface area contributed by atoms with Gasteiger partial charge in [0.1, 0.15) is 5.75 Å². The fraction of sp³-hybridized carbons (Fsp3) is 0.389. The lowest BCUT2D eigenvalue weighted by molar-refractivity contribution is -0.132. The Hall–Kier alpha value is -2.43. The van der Waals surface area contributed by atoms with Crippen LogP contribution >= 0.6 is 0 Å². The largest absolute Gasteiger partial charge is 0.427 e. The molecule has 1 aliphatic heterocycles. The first-order valence-corrected chi connectivity index (χ1v) is 7.82. The summed E-state index contributed by atoms with van der Waals surface area (Å²) in [7, 11) is 0. The zero-order valence-electron chi connectivity index (χ0n) is 13.0. The summed E-state index contributed by atoms with van der Waals surface area (Å²) in [6.45, 7) is 3.14. The first-order valence-electron chi connectivity index (χ1n) is 7.82. The molecule has 0 spiro atoms. The smallest absolute Gasteiger partial charge is 0.308 e. The summed E-state index contributed by atoms with van der Waals surface area (Å²) in [5.41, 5.74) is 1.33. The third-order valence-electron chi connectivity index (χ3n) is 5.14. The van der Waals surface area contributed by atoms with Crippen molar-refractivity contribution in [3.05, 3.63) is 35.9 Å². The van der Waals surface area contributed by atoms with Gasteiger partial charge in [0.15, 0.2) is 0 Å². The second-order valence-electron chi connectivity index (χ2n) is 6.55. The number of esters is 1. The number of hydrogen-bond donors (Lipinski definition) is 0. The number of allylic oxidation sites excluding steroid dienone is 2. The fourth-order valence-electron chi connectivity index (χ4n) is 4.25. The van der Waals surface area contributed by atoms with Crippen LogP contribution < -0.4 is 9.64 Å². The first-order chi connectivity index (χ1) is 11.0. The van der Waals surface area contributed by atoms with E-state index in [1.54, 1.807) is 18.2 Å². The highest BCUT2D eigenvalue weighted by Gasteiger charge is 2.59. The predicted molar refractivity (Wildman–Crippen MR) is 82.7 cm³/mol. The van der Waals surface area contributed by atoms with Gasteiger partial charge < -0.3 is 4.74 Å². The third kappa shape index (κ3) is 1.96. The average Bonchev–Trinajstić information content (AvgIpc) is 3.14. The van der Waals surface area contributed by atoms with Crippen molar-refractivity contribution in [2.45, 2.75) is 20.3 Å². The molecule has 2 fully saturated rings. The summed E-state index contributed by atoms with van der Waals surface area (Å²) in [5, 5.41) is 0. The van der Waals surface area contributed by atoms with Crippen molar-refractivity contribution in [1.29, 1.82) is 0 Å². The van der Waals surface area contributed by atoms with E-state index in [1.807, 2.05) is 6.92 Å². The maximum absolute atomic E-state index is 12.8. The summed E-state index contributed by atoms with van der Waals surface area (Å²) < 4.78 is 5.05. The van der Waals surface area contributed by atoms with Crippen LogP contribution in [0, 0.1) is 30.6 Å². The van der Waals surface area contributed by atoms with Crippen LogP contribution in [0.2, 0.25) is 0 Å². The minimum Gasteiger partial charge on any atom is -0.427 e. The molecule has 2 amide bonds. The molecule has 3 aliphatic rings. The number of carbonyl (C=O) groups excluding carboxylic acids is 3. The number of benzene rings is 1. The van der Waals surface area contributed by atoms with Gasteiger partial charge in [0.25, 0.3) is 0 Å². The molecule has 0 radical (unpaired) electrons. The Balaban J connectivity index is 1.68. The summed E-state index contributed by atoms with van der Waals surface area (Å²) in [4.78, 5) is 37.9. The van der Waals surface area contributed by atoms with E-state index in [-0.39, 0.29) is 35.5 Å². The molecule has 2 bridgehead atoms.